The number of aryl methyl sites for hydroxylation is 2. The first-order valence-electron chi connectivity index (χ1n) is 7.28. The second-order valence-corrected chi connectivity index (χ2v) is 6.30. The van der Waals surface area contributed by atoms with Crippen LogP contribution < -0.4 is 5.73 Å². The van der Waals surface area contributed by atoms with Crippen molar-refractivity contribution in [3.63, 3.8) is 0 Å². The average Bonchev–Trinajstić information content (AvgIpc) is 2.27. The highest BCUT2D eigenvalue weighted by Gasteiger charge is 2.09. The number of rotatable bonds is 6. The summed E-state index contributed by atoms with van der Waals surface area (Å²) in [4.78, 5) is 0. The van der Waals surface area contributed by atoms with E-state index in [1.165, 1.54) is 29.5 Å². The van der Waals surface area contributed by atoms with Gasteiger partial charge in [0.15, 0.2) is 0 Å². The Hall–Kier alpha value is -0.980. The highest BCUT2D eigenvalue weighted by Crippen LogP contribution is 2.26. The number of hydrogen-bond donors (Lipinski definition) is 1. The number of nitrogens with two attached hydrogens (primary N) is 1. The molecule has 0 fully saturated rings. The molecule has 1 aromatic rings. The van der Waals surface area contributed by atoms with Crippen LogP contribution in [0.1, 0.15) is 57.2 Å². The molecule has 1 rings (SSSR count). The van der Waals surface area contributed by atoms with Crippen LogP contribution in [0.4, 0.5) is 5.69 Å². The summed E-state index contributed by atoms with van der Waals surface area (Å²) in [5.41, 5.74) is 11.5. The van der Waals surface area contributed by atoms with Gasteiger partial charge in [-0.25, -0.2) is 0 Å². The molecule has 0 saturated carbocycles. The number of anilines is 1. The molecule has 0 aromatic heterocycles. The van der Waals surface area contributed by atoms with Gasteiger partial charge in [0.25, 0.3) is 0 Å². The van der Waals surface area contributed by atoms with Gasteiger partial charge in [-0.3, -0.25) is 0 Å². The zero-order valence-corrected chi connectivity index (χ0v) is 12.7. The molecular formula is C17H29N. The Labute approximate surface area is 113 Å². The van der Waals surface area contributed by atoms with Crippen LogP contribution >= 0.6 is 0 Å². The number of hydrogen-bond acceptors (Lipinski definition) is 1. The minimum atomic E-state index is 0.739. The molecule has 0 aliphatic heterocycles. The minimum Gasteiger partial charge on any atom is -0.398 e. The lowest BCUT2D eigenvalue weighted by Gasteiger charge is -2.15. The molecule has 0 unspecified atom stereocenters. The summed E-state index contributed by atoms with van der Waals surface area (Å²) in [6, 6.07) is 4.45. The van der Waals surface area contributed by atoms with Gasteiger partial charge in [-0.05, 0) is 61.1 Å². The molecule has 1 aromatic carbocycles. The maximum Gasteiger partial charge on any atom is 0.0381 e. The van der Waals surface area contributed by atoms with E-state index in [9.17, 15) is 0 Å². The van der Waals surface area contributed by atoms with Gasteiger partial charge in [0.05, 0.1) is 0 Å². The van der Waals surface area contributed by atoms with Crippen LogP contribution in [0.25, 0.3) is 0 Å². The average molecular weight is 247 g/mol. The summed E-state index contributed by atoms with van der Waals surface area (Å²) in [6.45, 7) is 11.3. The highest BCUT2D eigenvalue weighted by molar-refractivity contribution is 5.57. The summed E-state index contributed by atoms with van der Waals surface area (Å²) in [5, 5.41) is 0. The van der Waals surface area contributed by atoms with E-state index in [4.69, 9.17) is 5.73 Å². The van der Waals surface area contributed by atoms with Gasteiger partial charge in [0.2, 0.25) is 0 Å². The van der Waals surface area contributed by atoms with Crippen LogP contribution in [0.5, 0.6) is 0 Å². The predicted octanol–water partition coefficient (Wildman–Crippen LogP) is 4.75. The molecule has 0 radical (unpaired) electrons. The predicted molar refractivity (Wildman–Crippen MR) is 81.9 cm³/mol. The van der Waals surface area contributed by atoms with Gasteiger partial charge in [-0.1, -0.05) is 39.8 Å². The molecule has 0 spiro atoms. The molecule has 102 valence electrons. The third kappa shape index (κ3) is 4.36. The van der Waals surface area contributed by atoms with Crippen molar-refractivity contribution in [2.45, 2.75) is 60.3 Å². The molecule has 0 saturated heterocycles. The molecule has 0 atom stereocenters. The Morgan fingerprint density at radius 1 is 0.944 bits per heavy atom. The SMILES string of the molecule is Cc1ccc(CCC(C)C)c(N)c1CCC(C)C. The summed E-state index contributed by atoms with van der Waals surface area (Å²) in [6.07, 6.45) is 4.67. The van der Waals surface area contributed by atoms with E-state index in [1.54, 1.807) is 0 Å². The molecule has 0 amide bonds. The van der Waals surface area contributed by atoms with Crippen molar-refractivity contribution in [1.82, 2.24) is 0 Å². The van der Waals surface area contributed by atoms with Gasteiger partial charge in [-0.15, -0.1) is 0 Å². The first-order valence-corrected chi connectivity index (χ1v) is 7.28. The minimum absolute atomic E-state index is 0.739. The van der Waals surface area contributed by atoms with Crippen LogP contribution in [0.15, 0.2) is 12.1 Å². The monoisotopic (exact) mass is 247 g/mol. The van der Waals surface area contributed by atoms with Crippen molar-refractivity contribution >= 4 is 5.69 Å². The summed E-state index contributed by atoms with van der Waals surface area (Å²) in [5.74, 6) is 1.48. The third-order valence-corrected chi connectivity index (χ3v) is 3.64. The van der Waals surface area contributed by atoms with Crippen molar-refractivity contribution in [3.05, 3.63) is 28.8 Å². The summed E-state index contributed by atoms with van der Waals surface area (Å²) >= 11 is 0. The van der Waals surface area contributed by atoms with E-state index in [0.29, 0.717) is 0 Å². The van der Waals surface area contributed by atoms with Crippen LogP contribution in [0.3, 0.4) is 0 Å². The lowest BCUT2D eigenvalue weighted by Crippen LogP contribution is -2.05. The van der Waals surface area contributed by atoms with E-state index in [1.807, 2.05) is 0 Å². The van der Waals surface area contributed by atoms with Crippen molar-refractivity contribution in [2.24, 2.45) is 11.8 Å². The quantitative estimate of drug-likeness (QED) is 0.721. The van der Waals surface area contributed by atoms with E-state index in [-0.39, 0.29) is 0 Å². The first-order chi connectivity index (χ1) is 8.41. The first kappa shape index (κ1) is 15.1. The van der Waals surface area contributed by atoms with Crippen molar-refractivity contribution in [2.75, 3.05) is 5.73 Å². The maximum absolute atomic E-state index is 6.36. The van der Waals surface area contributed by atoms with E-state index < -0.39 is 0 Å². The van der Waals surface area contributed by atoms with Gasteiger partial charge in [0.1, 0.15) is 0 Å². The number of nitrogen functional groups attached to an aromatic ring is 1. The Morgan fingerprint density at radius 2 is 1.50 bits per heavy atom. The van der Waals surface area contributed by atoms with Crippen molar-refractivity contribution in [1.29, 1.82) is 0 Å². The third-order valence-electron chi connectivity index (χ3n) is 3.64. The lowest BCUT2D eigenvalue weighted by molar-refractivity contribution is 0.582. The van der Waals surface area contributed by atoms with E-state index in [2.05, 4.69) is 46.8 Å². The second-order valence-electron chi connectivity index (χ2n) is 6.30. The lowest BCUT2D eigenvalue weighted by atomic mass is 9.92. The standard InChI is InChI=1S/C17H29N/c1-12(2)6-9-15-10-8-14(5)16(17(15)18)11-7-13(3)4/h8,10,12-13H,6-7,9,11,18H2,1-5H3. The Kier molecular flexibility index (Phi) is 5.71. The zero-order chi connectivity index (χ0) is 13.7. The van der Waals surface area contributed by atoms with E-state index in [0.717, 1.165) is 30.4 Å². The Bertz CT molecular complexity index is 377. The largest absolute Gasteiger partial charge is 0.398 e. The second kappa shape index (κ2) is 6.82. The fourth-order valence-electron chi connectivity index (χ4n) is 2.25. The van der Waals surface area contributed by atoms with E-state index >= 15 is 0 Å². The molecule has 1 nitrogen and oxygen atoms in total. The summed E-state index contributed by atoms with van der Waals surface area (Å²) < 4.78 is 0. The van der Waals surface area contributed by atoms with Crippen molar-refractivity contribution in [3.8, 4) is 0 Å². The Morgan fingerprint density at radius 3 is 2.06 bits per heavy atom. The van der Waals surface area contributed by atoms with Crippen molar-refractivity contribution < 1.29 is 0 Å². The normalized spacial score (nSPS) is 11.5. The van der Waals surface area contributed by atoms with Gasteiger partial charge in [-0.2, -0.15) is 0 Å². The van der Waals surface area contributed by atoms with Gasteiger partial charge in [0, 0.05) is 5.69 Å². The van der Waals surface area contributed by atoms with Gasteiger partial charge < -0.3 is 5.73 Å². The summed E-state index contributed by atoms with van der Waals surface area (Å²) in [7, 11) is 0. The molecule has 0 aliphatic carbocycles. The van der Waals surface area contributed by atoms with Crippen LogP contribution in [0.2, 0.25) is 0 Å². The molecule has 2 N–H and O–H groups in total. The fraction of sp³-hybridized carbons (Fsp3) is 0.647. The maximum atomic E-state index is 6.36. The molecule has 0 aliphatic rings. The van der Waals surface area contributed by atoms with Crippen LogP contribution in [-0.2, 0) is 12.8 Å². The van der Waals surface area contributed by atoms with Crippen LogP contribution in [0, 0.1) is 18.8 Å². The highest BCUT2D eigenvalue weighted by atomic mass is 14.6. The topological polar surface area (TPSA) is 26.0 Å². The number of benzene rings is 1. The Balaban J connectivity index is 2.85. The molecule has 18 heavy (non-hydrogen) atoms. The smallest absolute Gasteiger partial charge is 0.0381 e. The molecule has 0 heterocycles. The van der Waals surface area contributed by atoms with Gasteiger partial charge >= 0.3 is 0 Å². The van der Waals surface area contributed by atoms with Crippen LogP contribution in [-0.4, -0.2) is 0 Å². The zero-order valence-electron chi connectivity index (χ0n) is 12.7. The molecule has 0 bridgehead atoms. The molecule has 1 heteroatoms. The molecular weight excluding hydrogens is 218 g/mol. The fourth-order valence-corrected chi connectivity index (χ4v) is 2.25.